The molecule has 0 atom stereocenters. The van der Waals surface area contributed by atoms with Gasteiger partial charge in [0.2, 0.25) is 0 Å². The molecule has 3 N–H and O–H groups in total. The molecule has 0 aliphatic heterocycles. The molecule has 0 spiro atoms. The number of rotatable bonds is 2. The van der Waals surface area contributed by atoms with Crippen LogP contribution in [0.2, 0.25) is 0 Å². The lowest BCUT2D eigenvalue weighted by Gasteiger charge is -2.20. The molecule has 0 saturated heterocycles. The number of hydrogen-bond acceptors (Lipinski definition) is 2. The highest BCUT2D eigenvalue weighted by atomic mass is 79.9. The van der Waals surface area contributed by atoms with Crippen LogP contribution >= 0.6 is 15.9 Å². The van der Waals surface area contributed by atoms with Crippen molar-refractivity contribution in [1.82, 2.24) is 0 Å². The van der Waals surface area contributed by atoms with E-state index in [1.54, 1.807) is 0 Å². The fourth-order valence-electron chi connectivity index (χ4n) is 1.19. The average Bonchev–Trinajstić information content (AvgIpc) is 2.07. The molecular weight excluding hydrogens is 252 g/mol. The minimum absolute atomic E-state index is 0.273. The maximum Gasteiger partial charge on any atom is 0.0489 e. The van der Waals surface area contributed by atoms with E-state index in [0.29, 0.717) is 0 Å². The molecule has 3 heteroatoms. The Morgan fingerprint density at radius 3 is 2.47 bits per heavy atom. The van der Waals surface area contributed by atoms with Crippen molar-refractivity contribution in [3.05, 3.63) is 22.2 Å². The summed E-state index contributed by atoms with van der Waals surface area (Å²) in [7, 11) is 0. The van der Waals surface area contributed by atoms with Gasteiger partial charge in [0.1, 0.15) is 0 Å². The summed E-state index contributed by atoms with van der Waals surface area (Å²) in [5.41, 5.74) is 9.12. The van der Waals surface area contributed by atoms with E-state index in [2.05, 4.69) is 48.1 Å². The molecule has 2 nitrogen and oxygen atoms in total. The first-order valence-corrected chi connectivity index (χ1v) is 5.88. The molecule has 15 heavy (non-hydrogen) atoms. The summed E-state index contributed by atoms with van der Waals surface area (Å²) in [6.45, 7) is 9.58. The van der Waals surface area contributed by atoms with Crippen molar-refractivity contribution in [3.8, 4) is 0 Å². The molecule has 1 rings (SSSR count). The molecule has 0 radical (unpaired) electrons. The van der Waals surface area contributed by atoms with Crippen molar-refractivity contribution in [2.24, 2.45) is 5.41 Å². The smallest absolute Gasteiger partial charge is 0.0489 e. The van der Waals surface area contributed by atoms with Gasteiger partial charge >= 0.3 is 0 Å². The van der Waals surface area contributed by atoms with Crippen LogP contribution in [-0.2, 0) is 0 Å². The Morgan fingerprint density at radius 1 is 1.33 bits per heavy atom. The molecule has 0 fully saturated rings. The van der Waals surface area contributed by atoms with Gasteiger partial charge < -0.3 is 11.1 Å². The van der Waals surface area contributed by atoms with Crippen LogP contribution in [0.1, 0.15) is 26.3 Å². The maximum absolute atomic E-state index is 5.81. The molecule has 0 bridgehead atoms. The summed E-state index contributed by atoms with van der Waals surface area (Å²) in [5, 5.41) is 3.42. The third-order valence-corrected chi connectivity index (χ3v) is 2.82. The number of halogens is 1. The van der Waals surface area contributed by atoms with Crippen LogP contribution in [0.15, 0.2) is 16.6 Å². The molecule has 84 valence electrons. The number of anilines is 2. The van der Waals surface area contributed by atoms with Crippen LogP contribution in [0.5, 0.6) is 0 Å². The normalized spacial score (nSPS) is 11.5. The molecular formula is C12H19BrN2. The zero-order valence-electron chi connectivity index (χ0n) is 9.82. The Morgan fingerprint density at radius 2 is 1.93 bits per heavy atom. The number of nitrogen functional groups attached to an aromatic ring is 1. The van der Waals surface area contributed by atoms with Gasteiger partial charge in [0, 0.05) is 22.4 Å². The number of nitrogens with one attached hydrogen (secondary N) is 1. The van der Waals surface area contributed by atoms with E-state index in [9.17, 15) is 0 Å². The van der Waals surface area contributed by atoms with Gasteiger partial charge in [-0.05, 0) is 46.0 Å². The summed E-state index contributed by atoms with van der Waals surface area (Å²) < 4.78 is 1.02. The summed E-state index contributed by atoms with van der Waals surface area (Å²) in [6, 6.07) is 4.02. The quantitative estimate of drug-likeness (QED) is 0.803. The summed E-state index contributed by atoms with van der Waals surface area (Å²) in [5.74, 6) is 0. The molecule has 0 amide bonds. The first-order chi connectivity index (χ1) is 6.79. The predicted molar refractivity (Wildman–Crippen MR) is 71.2 cm³/mol. The third kappa shape index (κ3) is 3.74. The number of hydrogen-bond donors (Lipinski definition) is 2. The SMILES string of the molecule is Cc1cc(NCC(C)(C)C)c(Br)cc1N. The number of benzene rings is 1. The third-order valence-electron chi connectivity index (χ3n) is 2.16. The fraction of sp³-hybridized carbons (Fsp3) is 0.500. The largest absolute Gasteiger partial charge is 0.398 e. The van der Waals surface area contributed by atoms with Crippen LogP contribution in [0, 0.1) is 12.3 Å². The maximum atomic E-state index is 5.81. The summed E-state index contributed by atoms with van der Waals surface area (Å²) in [4.78, 5) is 0. The van der Waals surface area contributed by atoms with Gasteiger partial charge in [-0.1, -0.05) is 20.8 Å². The van der Waals surface area contributed by atoms with Crippen LogP contribution in [0.4, 0.5) is 11.4 Å². The monoisotopic (exact) mass is 270 g/mol. The van der Waals surface area contributed by atoms with E-state index < -0.39 is 0 Å². The van der Waals surface area contributed by atoms with Crippen molar-refractivity contribution in [2.75, 3.05) is 17.6 Å². The van der Waals surface area contributed by atoms with Crippen molar-refractivity contribution < 1.29 is 0 Å². The van der Waals surface area contributed by atoms with E-state index >= 15 is 0 Å². The van der Waals surface area contributed by atoms with Gasteiger partial charge in [-0.2, -0.15) is 0 Å². The summed E-state index contributed by atoms with van der Waals surface area (Å²) >= 11 is 3.51. The molecule has 1 aromatic rings. The Kier molecular flexibility index (Phi) is 3.66. The molecule has 1 aromatic carbocycles. The van der Waals surface area contributed by atoms with E-state index in [1.807, 2.05) is 13.0 Å². The molecule has 0 aliphatic rings. The van der Waals surface area contributed by atoms with E-state index in [-0.39, 0.29) is 5.41 Å². The topological polar surface area (TPSA) is 38.0 Å². The summed E-state index contributed by atoms with van der Waals surface area (Å²) in [6.07, 6.45) is 0. The van der Waals surface area contributed by atoms with Gasteiger partial charge in [-0.3, -0.25) is 0 Å². The standard InChI is InChI=1S/C12H19BrN2/c1-8-5-11(9(13)6-10(8)14)15-7-12(2,3)4/h5-6,15H,7,14H2,1-4H3. The molecule has 0 aliphatic carbocycles. The van der Waals surface area contributed by atoms with Gasteiger partial charge in [0.15, 0.2) is 0 Å². The van der Waals surface area contributed by atoms with E-state index in [4.69, 9.17) is 5.73 Å². The zero-order valence-corrected chi connectivity index (χ0v) is 11.4. The van der Waals surface area contributed by atoms with E-state index in [1.165, 1.54) is 0 Å². The van der Waals surface area contributed by atoms with Crippen LogP contribution in [0.3, 0.4) is 0 Å². The van der Waals surface area contributed by atoms with Gasteiger partial charge in [-0.25, -0.2) is 0 Å². The Hall–Kier alpha value is -0.700. The van der Waals surface area contributed by atoms with Crippen LogP contribution in [-0.4, -0.2) is 6.54 Å². The highest BCUT2D eigenvalue weighted by molar-refractivity contribution is 9.10. The lowest BCUT2D eigenvalue weighted by atomic mass is 9.97. The lowest BCUT2D eigenvalue weighted by Crippen LogP contribution is -2.19. The minimum atomic E-state index is 0.273. The Labute approximate surface area is 100 Å². The Bertz CT molecular complexity index is 353. The van der Waals surface area contributed by atoms with Crippen LogP contribution < -0.4 is 11.1 Å². The second-order valence-corrected chi connectivity index (χ2v) is 5.96. The highest BCUT2D eigenvalue weighted by Crippen LogP contribution is 2.28. The predicted octanol–water partition coefficient (Wildman–Crippen LogP) is 3.80. The first kappa shape index (κ1) is 12.4. The number of aryl methyl sites for hydroxylation is 1. The second kappa shape index (κ2) is 4.44. The second-order valence-electron chi connectivity index (χ2n) is 5.10. The van der Waals surface area contributed by atoms with Gasteiger partial charge in [-0.15, -0.1) is 0 Å². The van der Waals surface area contributed by atoms with Crippen molar-refractivity contribution in [3.63, 3.8) is 0 Å². The number of nitrogens with two attached hydrogens (primary N) is 1. The first-order valence-electron chi connectivity index (χ1n) is 5.09. The molecule has 0 saturated carbocycles. The van der Waals surface area contributed by atoms with Crippen LogP contribution in [0.25, 0.3) is 0 Å². The lowest BCUT2D eigenvalue weighted by molar-refractivity contribution is 0.443. The minimum Gasteiger partial charge on any atom is -0.398 e. The van der Waals surface area contributed by atoms with Crippen molar-refractivity contribution in [1.29, 1.82) is 0 Å². The molecule has 0 aromatic heterocycles. The average molecular weight is 271 g/mol. The van der Waals surface area contributed by atoms with Gasteiger partial charge in [0.05, 0.1) is 0 Å². The van der Waals surface area contributed by atoms with Gasteiger partial charge in [0.25, 0.3) is 0 Å². The molecule has 0 heterocycles. The zero-order chi connectivity index (χ0) is 11.6. The Balaban J connectivity index is 2.82. The fourth-order valence-corrected chi connectivity index (χ4v) is 1.69. The van der Waals surface area contributed by atoms with Crippen molar-refractivity contribution in [2.45, 2.75) is 27.7 Å². The highest BCUT2D eigenvalue weighted by Gasteiger charge is 2.11. The molecule has 0 unspecified atom stereocenters. The van der Waals surface area contributed by atoms with Crippen molar-refractivity contribution >= 4 is 27.3 Å². The van der Waals surface area contributed by atoms with E-state index in [0.717, 1.165) is 28.0 Å².